The molecule has 3 N–H and O–H groups in total. The van der Waals surface area contributed by atoms with Crippen molar-refractivity contribution in [1.29, 1.82) is 0 Å². The maximum Gasteiger partial charge on any atom is 0.264 e. The molecule has 0 aliphatic rings. The largest absolute Gasteiger partial charge is 0.461 e. The third kappa shape index (κ3) is 2.83. The molecule has 25 heavy (non-hydrogen) atoms. The smallest absolute Gasteiger partial charge is 0.264 e. The van der Waals surface area contributed by atoms with Gasteiger partial charge in [-0.3, -0.25) is 4.55 Å². The summed E-state index contributed by atoms with van der Waals surface area (Å²) in [5.74, 6) is 0.745. The molecule has 0 bridgehead atoms. The third-order valence-corrected chi connectivity index (χ3v) is 4.57. The molecule has 0 fully saturated rings. The fraction of sp³-hybridized carbons (Fsp3) is 0.214. The van der Waals surface area contributed by atoms with Crippen molar-refractivity contribution in [3.8, 4) is 11.6 Å². The second-order valence-electron chi connectivity index (χ2n) is 5.50. The number of fused-ring (bicyclic) bond motifs is 3. The Balaban J connectivity index is 1.77. The minimum atomic E-state index is -3.99. The van der Waals surface area contributed by atoms with Crippen LogP contribution in [0.5, 0.6) is 0 Å². The van der Waals surface area contributed by atoms with E-state index in [-0.39, 0.29) is 18.1 Å². The fourth-order valence-electron chi connectivity index (χ4n) is 2.67. The van der Waals surface area contributed by atoms with Gasteiger partial charge in [-0.2, -0.15) is 17.9 Å². The number of aromatic nitrogens is 5. The summed E-state index contributed by atoms with van der Waals surface area (Å²) in [7, 11) is -3.99. The number of nitrogens with two attached hydrogens (primary N) is 1. The number of nitrogen functional groups attached to an aromatic ring is 1. The molecular weight excluding hydrogens is 348 g/mol. The SMILES string of the molecule is Nc1nc2c(ccn2CCCS(=O)(=O)O)c2nc(-c3ccco3)nn12. The molecule has 4 aromatic heterocycles. The van der Waals surface area contributed by atoms with Gasteiger partial charge in [0.1, 0.15) is 5.65 Å². The normalized spacial score (nSPS) is 12.4. The van der Waals surface area contributed by atoms with Crippen molar-refractivity contribution < 1.29 is 17.4 Å². The molecule has 0 saturated heterocycles. The predicted molar refractivity (Wildman–Crippen MR) is 89.4 cm³/mol. The summed E-state index contributed by atoms with van der Waals surface area (Å²) in [6, 6.07) is 5.30. The van der Waals surface area contributed by atoms with Crippen LogP contribution in [0.2, 0.25) is 0 Å². The van der Waals surface area contributed by atoms with E-state index in [1.54, 1.807) is 22.9 Å². The summed E-state index contributed by atoms with van der Waals surface area (Å²) in [6.45, 7) is 0.366. The van der Waals surface area contributed by atoms with Crippen molar-refractivity contribution >= 4 is 32.7 Å². The maximum absolute atomic E-state index is 10.8. The highest BCUT2D eigenvalue weighted by Crippen LogP contribution is 2.24. The van der Waals surface area contributed by atoms with Gasteiger partial charge >= 0.3 is 0 Å². The first-order valence-electron chi connectivity index (χ1n) is 7.42. The van der Waals surface area contributed by atoms with Gasteiger partial charge in [-0.25, -0.2) is 4.98 Å². The van der Waals surface area contributed by atoms with Gasteiger partial charge in [-0.15, -0.1) is 5.10 Å². The van der Waals surface area contributed by atoms with E-state index in [0.717, 1.165) is 5.39 Å². The van der Waals surface area contributed by atoms with Crippen LogP contribution in [0.1, 0.15) is 6.42 Å². The number of rotatable bonds is 5. The standard InChI is InChI=1S/C14H14N6O4S/c15-14-17-12-9(4-6-19(12)5-2-8-25(21,22)23)13-16-11(18-20(13)14)10-3-1-7-24-10/h1,3-4,6-7H,2,5,8H2,(H2,15,17)(H,21,22,23). The highest BCUT2D eigenvalue weighted by molar-refractivity contribution is 7.85. The van der Waals surface area contributed by atoms with Crippen molar-refractivity contribution in [2.45, 2.75) is 13.0 Å². The summed E-state index contributed by atoms with van der Waals surface area (Å²) >= 11 is 0. The van der Waals surface area contributed by atoms with Gasteiger partial charge in [0.15, 0.2) is 11.4 Å². The van der Waals surface area contributed by atoms with E-state index in [2.05, 4.69) is 15.1 Å². The Hall–Kier alpha value is -2.92. The van der Waals surface area contributed by atoms with Crippen LogP contribution in [-0.4, -0.2) is 42.9 Å². The molecule has 4 aromatic rings. The summed E-state index contributed by atoms with van der Waals surface area (Å²) in [5, 5.41) is 5.04. The van der Waals surface area contributed by atoms with Gasteiger partial charge in [-0.05, 0) is 24.6 Å². The van der Waals surface area contributed by atoms with Gasteiger partial charge in [0, 0.05) is 12.7 Å². The predicted octanol–water partition coefficient (Wildman–Crippen LogP) is 1.20. The number of hydrogen-bond donors (Lipinski definition) is 2. The second kappa shape index (κ2) is 5.57. The van der Waals surface area contributed by atoms with E-state index in [0.29, 0.717) is 29.4 Å². The third-order valence-electron chi connectivity index (χ3n) is 3.76. The highest BCUT2D eigenvalue weighted by Gasteiger charge is 2.16. The van der Waals surface area contributed by atoms with Crippen LogP contribution in [0.25, 0.3) is 28.3 Å². The molecule has 130 valence electrons. The van der Waals surface area contributed by atoms with Crippen LogP contribution in [-0.2, 0) is 16.7 Å². The van der Waals surface area contributed by atoms with Crippen molar-refractivity contribution in [3.63, 3.8) is 0 Å². The van der Waals surface area contributed by atoms with Gasteiger partial charge in [0.25, 0.3) is 10.1 Å². The zero-order valence-corrected chi connectivity index (χ0v) is 13.7. The molecule has 0 atom stereocenters. The van der Waals surface area contributed by atoms with E-state index in [4.69, 9.17) is 14.7 Å². The lowest BCUT2D eigenvalue weighted by molar-refractivity contribution is 0.478. The van der Waals surface area contributed by atoms with Crippen LogP contribution in [0, 0.1) is 0 Å². The second-order valence-corrected chi connectivity index (χ2v) is 7.08. The lowest BCUT2D eigenvalue weighted by atomic mass is 10.4. The summed E-state index contributed by atoms with van der Waals surface area (Å²) in [6.07, 6.45) is 3.55. The van der Waals surface area contributed by atoms with Crippen LogP contribution in [0.15, 0.2) is 35.1 Å². The Morgan fingerprint density at radius 2 is 2.08 bits per heavy atom. The molecule has 0 amide bonds. The first-order chi connectivity index (χ1) is 11.9. The molecule has 11 heteroatoms. The molecule has 0 aliphatic heterocycles. The monoisotopic (exact) mass is 362 g/mol. The van der Waals surface area contributed by atoms with Gasteiger partial charge < -0.3 is 14.7 Å². The molecule has 10 nitrogen and oxygen atoms in total. The van der Waals surface area contributed by atoms with E-state index >= 15 is 0 Å². The molecule has 0 radical (unpaired) electrons. The van der Waals surface area contributed by atoms with E-state index in [1.807, 2.05) is 6.07 Å². The Kier molecular flexibility index (Phi) is 3.47. The minimum absolute atomic E-state index is 0.155. The Bertz CT molecular complexity index is 1160. The van der Waals surface area contributed by atoms with Gasteiger partial charge in [0.2, 0.25) is 11.8 Å². The first kappa shape index (κ1) is 15.6. The number of anilines is 1. The molecule has 0 aromatic carbocycles. The van der Waals surface area contributed by atoms with Crippen LogP contribution < -0.4 is 5.73 Å². The number of aryl methyl sites for hydroxylation is 1. The lowest BCUT2D eigenvalue weighted by Crippen LogP contribution is -2.09. The summed E-state index contributed by atoms with van der Waals surface area (Å²) in [5.41, 5.74) is 7.08. The zero-order chi connectivity index (χ0) is 17.6. The van der Waals surface area contributed by atoms with E-state index < -0.39 is 10.1 Å². The van der Waals surface area contributed by atoms with E-state index in [9.17, 15) is 8.42 Å². The number of nitrogens with zero attached hydrogens (tertiary/aromatic N) is 5. The minimum Gasteiger partial charge on any atom is -0.461 e. The average Bonchev–Trinajstić information content (AvgIpc) is 3.24. The van der Waals surface area contributed by atoms with Gasteiger partial charge in [-0.1, -0.05) is 0 Å². The summed E-state index contributed by atoms with van der Waals surface area (Å²) < 4.78 is 39.0. The quantitative estimate of drug-likeness (QED) is 0.504. The van der Waals surface area contributed by atoms with Crippen LogP contribution in [0.3, 0.4) is 0 Å². The topological polar surface area (TPSA) is 142 Å². The van der Waals surface area contributed by atoms with Crippen molar-refractivity contribution in [3.05, 3.63) is 30.7 Å². The van der Waals surface area contributed by atoms with Crippen molar-refractivity contribution in [2.24, 2.45) is 0 Å². The fourth-order valence-corrected chi connectivity index (χ4v) is 3.17. The molecule has 0 aliphatic carbocycles. The number of hydrogen-bond acceptors (Lipinski definition) is 7. The molecule has 0 spiro atoms. The first-order valence-corrected chi connectivity index (χ1v) is 9.03. The van der Waals surface area contributed by atoms with Crippen LogP contribution in [0.4, 0.5) is 5.95 Å². The molecule has 0 saturated carbocycles. The Morgan fingerprint density at radius 1 is 1.24 bits per heavy atom. The maximum atomic E-state index is 10.8. The van der Waals surface area contributed by atoms with Crippen molar-refractivity contribution in [2.75, 3.05) is 11.5 Å². The van der Waals surface area contributed by atoms with Crippen LogP contribution >= 0.6 is 0 Å². The molecular formula is C14H14N6O4S. The average molecular weight is 362 g/mol. The molecule has 4 heterocycles. The Morgan fingerprint density at radius 3 is 2.80 bits per heavy atom. The molecule has 0 unspecified atom stereocenters. The summed E-state index contributed by atoms with van der Waals surface area (Å²) in [4.78, 5) is 8.80. The Labute approximate surface area is 141 Å². The lowest BCUT2D eigenvalue weighted by Gasteiger charge is -2.05. The van der Waals surface area contributed by atoms with Gasteiger partial charge in [0.05, 0.1) is 17.4 Å². The number of furan rings is 1. The highest BCUT2D eigenvalue weighted by atomic mass is 32.2. The zero-order valence-electron chi connectivity index (χ0n) is 12.9. The van der Waals surface area contributed by atoms with Crippen molar-refractivity contribution in [1.82, 2.24) is 24.1 Å². The molecule has 4 rings (SSSR count). The van der Waals surface area contributed by atoms with E-state index in [1.165, 1.54) is 10.8 Å².